The summed E-state index contributed by atoms with van der Waals surface area (Å²) in [6, 6.07) is 13.1. The van der Waals surface area contributed by atoms with E-state index in [9.17, 15) is 4.79 Å². The molecule has 0 radical (unpaired) electrons. The fourth-order valence-corrected chi connectivity index (χ4v) is 4.66. The van der Waals surface area contributed by atoms with E-state index in [-0.39, 0.29) is 5.91 Å². The Hall–Kier alpha value is -1.53. The van der Waals surface area contributed by atoms with Crippen molar-refractivity contribution < 1.29 is 4.79 Å². The van der Waals surface area contributed by atoms with E-state index in [0.29, 0.717) is 24.8 Å². The van der Waals surface area contributed by atoms with Crippen molar-refractivity contribution in [3.05, 3.63) is 63.0 Å². The molecular weight excluding hydrogens is 419 g/mol. The van der Waals surface area contributed by atoms with Crippen LogP contribution in [0.3, 0.4) is 0 Å². The van der Waals surface area contributed by atoms with E-state index in [0.717, 1.165) is 24.5 Å². The van der Waals surface area contributed by atoms with Gasteiger partial charge in [0, 0.05) is 34.4 Å². The Bertz CT molecular complexity index is 888. The van der Waals surface area contributed by atoms with Crippen LogP contribution in [-0.2, 0) is 4.79 Å². The van der Waals surface area contributed by atoms with E-state index in [1.54, 1.807) is 29.2 Å². The molecule has 0 spiro atoms. The van der Waals surface area contributed by atoms with Crippen LogP contribution in [0.4, 0.5) is 11.4 Å². The minimum Gasteiger partial charge on any atom is -0.372 e. The summed E-state index contributed by atoms with van der Waals surface area (Å²) in [4.78, 5) is 17.2. The normalized spacial score (nSPS) is 15.7. The van der Waals surface area contributed by atoms with Crippen LogP contribution in [0.15, 0.2) is 47.4 Å². The van der Waals surface area contributed by atoms with Crippen molar-refractivity contribution >= 4 is 74.9 Å². The van der Waals surface area contributed by atoms with Crippen molar-refractivity contribution in [2.75, 3.05) is 22.9 Å². The van der Waals surface area contributed by atoms with Crippen LogP contribution in [0.1, 0.15) is 19.4 Å². The lowest BCUT2D eigenvalue weighted by molar-refractivity contribution is -0.113. The van der Waals surface area contributed by atoms with Gasteiger partial charge < -0.3 is 4.90 Å². The number of hydrogen-bond acceptors (Lipinski definition) is 4. The molecule has 0 bridgehead atoms. The lowest BCUT2D eigenvalue weighted by Crippen LogP contribution is -2.27. The minimum absolute atomic E-state index is 0.170. The number of thiocarbonyl (C=S) groups is 1. The second kappa shape index (κ2) is 8.65. The maximum absolute atomic E-state index is 12.9. The van der Waals surface area contributed by atoms with Crippen LogP contribution in [0.25, 0.3) is 6.08 Å². The van der Waals surface area contributed by atoms with Gasteiger partial charge in [0.1, 0.15) is 0 Å². The highest BCUT2D eigenvalue weighted by atomic mass is 35.5. The Labute approximate surface area is 178 Å². The predicted molar refractivity (Wildman–Crippen MR) is 122 cm³/mol. The van der Waals surface area contributed by atoms with Crippen LogP contribution in [0, 0.1) is 0 Å². The lowest BCUT2D eigenvalue weighted by Gasteiger charge is -2.22. The zero-order chi connectivity index (χ0) is 19.6. The number of rotatable bonds is 5. The SMILES string of the molecule is CCN(CC)c1ccc(N2C(=O)C(=Cc3c(Cl)cccc3Cl)SC2=S)cc1. The quantitative estimate of drug-likeness (QED) is 0.408. The van der Waals surface area contributed by atoms with E-state index >= 15 is 0 Å². The average Bonchev–Trinajstić information content (AvgIpc) is 2.93. The third-order valence-electron chi connectivity index (χ3n) is 4.31. The summed E-state index contributed by atoms with van der Waals surface area (Å²) in [5.41, 5.74) is 2.49. The fourth-order valence-electron chi connectivity index (χ4n) is 2.87. The van der Waals surface area contributed by atoms with Gasteiger partial charge in [-0.25, -0.2) is 0 Å². The molecule has 0 atom stereocenters. The van der Waals surface area contributed by atoms with Crippen molar-refractivity contribution in [3.63, 3.8) is 0 Å². The molecule has 2 aromatic carbocycles. The molecule has 0 aromatic heterocycles. The Morgan fingerprint density at radius 2 is 1.67 bits per heavy atom. The van der Waals surface area contributed by atoms with E-state index < -0.39 is 0 Å². The second-order valence-electron chi connectivity index (χ2n) is 5.84. The van der Waals surface area contributed by atoms with Gasteiger partial charge in [-0.15, -0.1) is 0 Å². The smallest absolute Gasteiger partial charge is 0.270 e. The molecule has 27 heavy (non-hydrogen) atoms. The Morgan fingerprint density at radius 1 is 1.07 bits per heavy atom. The zero-order valence-electron chi connectivity index (χ0n) is 14.9. The number of carbonyl (C=O) groups is 1. The van der Waals surface area contributed by atoms with Crippen molar-refractivity contribution in [1.82, 2.24) is 0 Å². The molecule has 1 amide bonds. The van der Waals surface area contributed by atoms with Gasteiger partial charge in [-0.3, -0.25) is 9.69 Å². The van der Waals surface area contributed by atoms with Crippen molar-refractivity contribution in [2.24, 2.45) is 0 Å². The Kier molecular flexibility index (Phi) is 6.48. The molecule has 0 aliphatic carbocycles. The number of anilines is 2. The summed E-state index contributed by atoms with van der Waals surface area (Å²) in [5, 5.41) is 0.993. The molecule has 140 valence electrons. The number of halogens is 2. The molecule has 0 N–H and O–H groups in total. The molecule has 1 heterocycles. The van der Waals surface area contributed by atoms with Crippen molar-refractivity contribution in [2.45, 2.75) is 13.8 Å². The highest BCUT2D eigenvalue weighted by molar-refractivity contribution is 8.27. The summed E-state index contributed by atoms with van der Waals surface area (Å²) < 4.78 is 0.491. The van der Waals surface area contributed by atoms with E-state index in [1.165, 1.54) is 11.8 Å². The van der Waals surface area contributed by atoms with Gasteiger partial charge in [0.2, 0.25) is 0 Å². The third kappa shape index (κ3) is 4.16. The standard InChI is InChI=1S/C20H18Cl2N2OS2/c1-3-23(4-2)13-8-10-14(11-9-13)24-19(25)18(27-20(24)26)12-15-16(21)6-5-7-17(15)22/h5-12H,3-4H2,1-2H3. The summed E-state index contributed by atoms with van der Waals surface area (Å²) in [6.45, 7) is 6.09. The molecular formula is C20H18Cl2N2OS2. The maximum atomic E-state index is 12.9. The highest BCUT2D eigenvalue weighted by Gasteiger charge is 2.33. The van der Waals surface area contributed by atoms with Crippen LogP contribution in [0.5, 0.6) is 0 Å². The molecule has 2 aromatic rings. The van der Waals surface area contributed by atoms with Crippen LogP contribution in [-0.4, -0.2) is 23.3 Å². The van der Waals surface area contributed by atoms with E-state index in [2.05, 4.69) is 18.7 Å². The maximum Gasteiger partial charge on any atom is 0.270 e. The molecule has 3 nitrogen and oxygen atoms in total. The molecule has 0 saturated carbocycles. The highest BCUT2D eigenvalue weighted by Crippen LogP contribution is 2.38. The molecule has 3 rings (SSSR count). The Balaban J connectivity index is 1.89. The van der Waals surface area contributed by atoms with Gasteiger partial charge in [-0.2, -0.15) is 0 Å². The van der Waals surface area contributed by atoms with Gasteiger partial charge in [-0.05, 0) is 56.3 Å². The van der Waals surface area contributed by atoms with Crippen LogP contribution < -0.4 is 9.80 Å². The van der Waals surface area contributed by atoms with Crippen LogP contribution >= 0.6 is 47.2 Å². The minimum atomic E-state index is -0.170. The summed E-state index contributed by atoms with van der Waals surface area (Å²) >= 11 is 19.1. The van der Waals surface area contributed by atoms with E-state index in [4.69, 9.17) is 35.4 Å². The first-order valence-electron chi connectivity index (χ1n) is 8.53. The molecule has 7 heteroatoms. The molecule has 1 aliphatic heterocycles. The van der Waals surface area contributed by atoms with Gasteiger partial charge in [0.15, 0.2) is 4.32 Å². The van der Waals surface area contributed by atoms with Gasteiger partial charge in [0.25, 0.3) is 5.91 Å². The van der Waals surface area contributed by atoms with Gasteiger partial charge >= 0.3 is 0 Å². The summed E-state index contributed by atoms with van der Waals surface area (Å²) in [7, 11) is 0. The number of thioether (sulfide) groups is 1. The molecule has 1 fully saturated rings. The largest absolute Gasteiger partial charge is 0.372 e. The number of benzene rings is 2. The van der Waals surface area contributed by atoms with Gasteiger partial charge in [0.05, 0.1) is 10.6 Å². The van der Waals surface area contributed by atoms with Crippen molar-refractivity contribution in [1.29, 1.82) is 0 Å². The first-order chi connectivity index (χ1) is 13.0. The Morgan fingerprint density at radius 3 is 2.22 bits per heavy atom. The van der Waals surface area contributed by atoms with Crippen molar-refractivity contribution in [3.8, 4) is 0 Å². The topological polar surface area (TPSA) is 23.6 Å². The zero-order valence-corrected chi connectivity index (χ0v) is 18.1. The second-order valence-corrected chi connectivity index (χ2v) is 8.33. The number of hydrogen-bond donors (Lipinski definition) is 0. The first-order valence-corrected chi connectivity index (χ1v) is 10.5. The summed E-state index contributed by atoms with van der Waals surface area (Å²) in [5.74, 6) is -0.170. The number of nitrogens with zero attached hydrogens (tertiary/aromatic N) is 2. The third-order valence-corrected chi connectivity index (χ3v) is 6.27. The first kappa shape index (κ1) is 20.2. The lowest BCUT2D eigenvalue weighted by atomic mass is 10.2. The summed E-state index contributed by atoms with van der Waals surface area (Å²) in [6.07, 6.45) is 1.70. The molecule has 1 aliphatic rings. The van der Waals surface area contributed by atoms with Gasteiger partial charge in [-0.1, -0.05) is 53.2 Å². The predicted octanol–water partition coefficient (Wildman–Crippen LogP) is 6.25. The van der Waals surface area contributed by atoms with E-state index in [1.807, 2.05) is 24.3 Å². The van der Waals surface area contributed by atoms with Crippen LogP contribution in [0.2, 0.25) is 10.0 Å². The average molecular weight is 437 g/mol. The number of amides is 1. The number of carbonyl (C=O) groups excluding carboxylic acids is 1. The molecule has 0 unspecified atom stereocenters. The monoisotopic (exact) mass is 436 g/mol. The molecule has 1 saturated heterocycles. The fraction of sp³-hybridized carbons (Fsp3) is 0.200.